The first kappa shape index (κ1) is 25.1. The second-order valence-electron chi connectivity index (χ2n) is 8.61. The van der Waals surface area contributed by atoms with Crippen LogP contribution in [0.4, 0.5) is 11.4 Å². The van der Waals surface area contributed by atoms with Gasteiger partial charge in [0.15, 0.2) is 4.80 Å². The molecule has 186 valence electrons. The highest BCUT2D eigenvalue weighted by atomic mass is 32.1. The number of anilines is 1. The van der Waals surface area contributed by atoms with Crippen LogP contribution in [0, 0.1) is 17.0 Å². The number of ether oxygens (including phenoxy) is 1. The number of aryl methyl sites for hydroxylation is 1. The summed E-state index contributed by atoms with van der Waals surface area (Å²) in [6, 6.07) is 11.5. The van der Waals surface area contributed by atoms with E-state index in [1.165, 1.54) is 28.0 Å². The lowest BCUT2D eigenvalue weighted by molar-refractivity contribution is -0.384. The zero-order chi connectivity index (χ0) is 26.1. The Hall–Kier alpha value is -4.05. The summed E-state index contributed by atoms with van der Waals surface area (Å²) >= 11 is 1.18. The summed E-state index contributed by atoms with van der Waals surface area (Å²) in [7, 11) is 3.65. The van der Waals surface area contributed by atoms with Crippen LogP contribution < -0.4 is 19.8 Å². The second-order valence-corrected chi connectivity index (χ2v) is 9.62. The molecule has 0 saturated carbocycles. The molecule has 1 aromatic heterocycles. The molecule has 0 N–H and O–H groups in total. The highest BCUT2D eigenvalue weighted by Crippen LogP contribution is 2.31. The number of non-ortho nitro benzene ring substituents is 1. The fraction of sp³-hybridized carbons (Fsp3) is 0.269. The lowest BCUT2D eigenvalue weighted by atomic mass is 9.95. The number of fused-ring (bicyclic) bond motifs is 1. The number of thiazole rings is 1. The van der Waals surface area contributed by atoms with E-state index in [2.05, 4.69) is 4.99 Å². The van der Waals surface area contributed by atoms with Crippen molar-refractivity contribution in [1.82, 2.24) is 4.57 Å². The number of carbonyl (C=O) groups excluding carboxylic acids is 1. The van der Waals surface area contributed by atoms with Crippen LogP contribution in [0.5, 0.6) is 0 Å². The molecule has 1 atom stereocenters. The molecule has 9 nitrogen and oxygen atoms in total. The molecule has 3 aromatic rings. The van der Waals surface area contributed by atoms with E-state index in [0.717, 1.165) is 16.8 Å². The summed E-state index contributed by atoms with van der Waals surface area (Å²) < 4.78 is 7.18. The van der Waals surface area contributed by atoms with Gasteiger partial charge in [-0.1, -0.05) is 41.2 Å². The van der Waals surface area contributed by atoms with Gasteiger partial charge in [0, 0.05) is 37.5 Å². The molecule has 0 aliphatic carbocycles. The summed E-state index contributed by atoms with van der Waals surface area (Å²) in [5, 5.41) is 11.4. The van der Waals surface area contributed by atoms with Crippen molar-refractivity contribution in [3.63, 3.8) is 0 Å². The van der Waals surface area contributed by atoms with Gasteiger partial charge >= 0.3 is 5.97 Å². The normalized spacial score (nSPS) is 15.4. The number of hydrogen-bond acceptors (Lipinski definition) is 8. The monoisotopic (exact) mass is 506 g/mol. The summed E-state index contributed by atoms with van der Waals surface area (Å²) in [5.41, 5.74) is 3.45. The zero-order valence-electron chi connectivity index (χ0n) is 20.6. The number of carbonyl (C=O) groups is 1. The van der Waals surface area contributed by atoms with Gasteiger partial charge in [-0.15, -0.1) is 0 Å². The van der Waals surface area contributed by atoms with Crippen molar-refractivity contribution in [2.75, 3.05) is 25.6 Å². The highest BCUT2D eigenvalue weighted by molar-refractivity contribution is 7.07. The number of nitro groups is 1. The molecular formula is C26H26N4O5S. The van der Waals surface area contributed by atoms with E-state index in [1.54, 1.807) is 26.0 Å². The third kappa shape index (κ3) is 4.59. The van der Waals surface area contributed by atoms with Crippen molar-refractivity contribution < 1.29 is 14.5 Å². The lowest BCUT2D eigenvalue weighted by Crippen LogP contribution is -2.40. The van der Waals surface area contributed by atoms with Crippen molar-refractivity contribution in [3.05, 3.63) is 100 Å². The van der Waals surface area contributed by atoms with Crippen LogP contribution in [0.25, 0.3) is 6.08 Å². The Labute approximate surface area is 211 Å². The average molecular weight is 507 g/mol. The molecule has 0 bridgehead atoms. The zero-order valence-corrected chi connectivity index (χ0v) is 21.5. The summed E-state index contributed by atoms with van der Waals surface area (Å²) in [6.45, 7) is 5.62. The van der Waals surface area contributed by atoms with Gasteiger partial charge in [-0.25, -0.2) is 9.79 Å². The Morgan fingerprint density at radius 1 is 1.22 bits per heavy atom. The minimum absolute atomic E-state index is 0.0717. The molecule has 2 aromatic carbocycles. The Morgan fingerprint density at radius 2 is 1.92 bits per heavy atom. The second kappa shape index (κ2) is 9.90. The smallest absolute Gasteiger partial charge is 0.338 e. The summed E-state index contributed by atoms with van der Waals surface area (Å²) in [5.74, 6) is -0.521. The number of allylic oxidation sites excluding steroid dienone is 1. The van der Waals surface area contributed by atoms with E-state index >= 15 is 0 Å². The van der Waals surface area contributed by atoms with Crippen molar-refractivity contribution in [2.24, 2.45) is 4.99 Å². The molecule has 36 heavy (non-hydrogen) atoms. The SMILES string of the molecule is CCOC(=O)C1=C(C)N=c2s/c(=C/c3cc([N+](=O)[O-])ccc3N(C)C)c(=O)n2[C@H]1c1ccc(C)cc1. The highest BCUT2D eigenvalue weighted by Gasteiger charge is 2.33. The largest absolute Gasteiger partial charge is 0.463 e. The molecule has 4 rings (SSSR count). The quantitative estimate of drug-likeness (QED) is 0.289. The van der Waals surface area contributed by atoms with Crippen molar-refractivity contribution in [1.29, 1.82) is 0 Å². The van der Waals surface area contributed by atoms with E-state index in [0.29, 0.717) is 26.2 Å². The van der Waals surface area contributed by atoms with Crippen LogP contribution in [0.3, 0.4) is 0 Å². The van der Waals surface area contributed by atoms with E-state index in [1.807, 2.05) is 50.2 Å². The number of rotatable bonds is 6. The maximum Gasteiger partial charge on any atom is 0.338 e. The Kier molecular flexibility index (Phi) is 6.89. The van der Waals surface area contributed by atoms with Crippen LogP contribution in [0.2, 0.25) is 0 Å². The number of benzene rings is 2. The third-order valence-electron chi connectivity index (χ3n) is 5.90. The molecule has 0 unspecified atom stereocenters. The molecule has 0 amide bonds. The standard InChI is InChI=1S/C26H26N4O5S/c1-6-35-25(32)22-16(3)27-26-29(23(22)17-9-7-15(2)8-10-17)24(31)21(36-26)14-18-13-19(30(33)34)11-12-20(18)28(4)5/h7-14,23H,6H2,1-5H3/b21-14+/t23-/m0/s1. The number of hydrogen-bond donors (Lipinski definition) is 0. The predicted molar refractivity (Wildman–Crippen MR) is 139 cm³/mol. The Morgan fingerprint density at radius 3 is 2.53 bits per heavy atom. The number of esters is 1. The Bertz CT molecular complexity index is 1560. The molecule has 1 aliphatic heterocycles. The van der Waals surface area contributed by atoms with Crippen LogP contribution in [0.1, 0.15) is 36.6 Å². The minimum atomic E-state index is -0.707. The number of nitro benzene ring substituents is 1. The number of aromatic nitrogens is 1. The molecule has 0 radical (unpaired) electrons. The molecule has 0 spiro atoms. The van der Waals surface area contributed by atoms with Gasteiger partial charge in [-0.3, -0.25) is 19.5 Å². The van der Waals surface area contributed by atoms with Crippen LogP contribution in [-0.2, 0) is 9.53 Å². The third-order valence-corrected chi connectivity index (χ3v) is 6.88. The van der Waals surface area contributed by atoms with Gasteiger partial charge in [0.2, 0.25) is 0 Å². The van der Waals surface area contributed by atoms with Gasteiger partial charge in [0.1, 0.15) is 0 Å². The first-order valence-electron chi connectivity index (χ1n) is 11.3. The maximum absolute atomic E-state index is 13.8. The fourth-order valence-electron chi connectivity index (χ4n) is 4.18. The number of nitrogens with zero attached hydrogens (tertiary/aromatic N) is 4. The van der Waals surface area contributed by atoms with Gasteiger partial charge in [0.25, 0.3) is 11.2 Å². The molecule has 0 fully saturated rings. The van der Waals surface area contributed by atoms with Crippen molar-refractivity contribution in [2.45, 2.75) is 26.8 Å². The summed E-state index contributed by atoms with van der Waals surface area (Å²) in [6.07, 6.45) is 1.64. The Balaban J connectivity index is 1.98. The maximum atomic E-state index is 13.8. The van der Waals surface area contributed by atoms with Gasteiger partial charge in [-0.2, -0.15) is 0 Å². The molecular weight excluding hydrogens is 480 g/mol. The molecule has 1 aliphatic rings. The molecule has 0 saturated heterocycles. The lowest BCUT2D eigenvalue weighted by Gasteiger charge is -2.24. The van der Waals surface area contributed by atoms with E-state index < -0.39 is 16.9 Å². The van der Waals surface area contributed by atoms with Crippen LogP contribution >= 0.6 is 11.3 Å². The first-order valence-corrected chi connectivity index (χ1v) is 12.2. The predicted octanol–water partition coefficient (Wildman–Crippen LogP) is 3.08. The minimum Gasteiger partial charge on any atom is -0.463 e. The fourth-order valence-corrected chi connectivity index (χ4v) is 5.21. The van der Waals surface area contributed by atoms with E-state index in [9.17, 15) is 19.7 Å². The topological polar surface area (TPSA) is 107 Å². The van der Waals surface area contributed by atoms with Gasteiger partial charge in [-0.05, 0) is 38.5 Å². The van der Waals surface area contributed by atoms with Gasteiger partial charge < -0.3 is 9.64 Å². The van der Waals surface area contributed by atoms with E-state index in [-0.39, 0.29) is 17.9 Å². The van der Waals surface area contributed by atoms with Crippen LogP contribution in [0.15, 0.2) is 63.5 Å². The average Bonchev–Trinajstić information content (AvgIpc) is 3.13. The van der Waals surface area contributed by atoms with Crippen molar-refractivity contribution >= 4 is 34.8 Å². The molecule has 2 heterocycles. The van der Waals surface area contributed by atoms with Gasteiger partial charge in [0.05, 0.1) is 33.4 Å². The first-order chi connectivity index (χ1) is 17.1. The molecule has 10 heteroatoms. The van der Waals surface area contributed by atoms with Crippen molar-refractivity contribution in [3.8, 4) is 0 Å². The summed E-state index contributed by atoms with van der Waals surface area (Å²) in [4.78, 5) is 44.5. The van der Waals surface area contributed by atoms with Crippen LogP contribution in [-0.4, -0.2) is 36.2 Å². The van der Waals surface area contributed by atoms with E-state index in [4.69, 9.17) is 4.74 Å².